The van der Waals surface area contributed by atoms with Gasteiger partial charge in [-0.25, -0.2) is 19.2 Å². The molecule has 4 aromatic carbocycles. The summed E-state index contributed by atoms with van der Waals surface area (Å²) in [4.78, 5) is 47.1. The lowest BCUT2D eigenvalue weighted by Crippen LogP contribution is -2.54. The van der Waals surface area contributed by atoms with Crippen LogP contribution in [0.15, 0.2) is 135 Å². The van der Waals surface area contributed by atoms with Gasteiger partial charge in [0.05, 0.1) is 26.4 Å². The summed E-state index contributed by atoms with van der Waals surface area (Å²) in [5.41, 5.74) is -5.79. The highest BCUT2D eigenvalue weighted by atomic mass is 19.4. The number of halogens is 6. The van der Waals surface area contributed by atoms with E-state index in [2.05, 4.69) is 13.2 Å². The van der Waals surface area contributed by atoms with Gasteiger partial charge in [-0.05, 0) is 109 Å². The van der Waals surface area contributed by atoms with Crippen LogP contribution in [0.1, 0.15) is 47.9 Å². The average Bonchev–Trinajstić information content (AvgIpc) is 3.25. The van der Waals surface area contributed by atoms with E-state index in [1.807, 2.05) is 0 Å². The highest BCUT2D eigenvalue weighted by Crippen LogP contribution is 2.56. The van der Waals surface area contributed by atoms with E-state index in [-0.39, 0.29) is 24.7 Å². The van der Waals surface area contributed by atoms with Gasteiger partial charge < -0.3 is 28.4 Å². The number of hydrogen-bond acceptors (Lipinski definition) is 10. The van der Waals surface area contributed by atoms with Crippen molar-refractivity contribution in [1.29, 1.82) is 0 Å². The van der Waals surface area contributed by atoms with Crippen LogP contribution in [0, 0.1) is 0 Å². The van der Waals surface area contributed by atoms with Crippen molar-refractivity contribution < 1.29 is 73.9 Å². The molecule has 0 aromatic heterocycles. The maximum atomic E-state index is 14.8. The van der Waals surface area contributed by atoms with Crippen LogP contribution in [0.3, 0.4) is 0 Å². The largest absolute Gasteiger partial charge is 0.494 e. The lowest BCUT2D eigenvalue weighted by Gasteiger charge is -2.38. The third kappa shape index (κ3) is 14.5. The molecule has 0 N–H and O–H groups in total. The molecule has 0 aliphatic heterocycles. The van der Waals surface area contributed by atoms with E-state index in [9.17, 15) is 45.5 Å². The Kier molecular flexibility index (Phi) is 17.9. The molecule has 0 radical (unpaired) electrons. The Balaban J connectivity index is 1.34. The van der Waals surface area contributed by atoms with Gasteiger partial charge in [-0.15, -0.1) is 0 Å². The van der Waals surface area contributed by atoms with Gasteiger partial charge in [-0.1, -0.05) is 61.7 Å². The second-order valence-electron chi connectivity index (χ2n) is 13.3. The van der Waals surface area contributed by atoms with Crippen molar-refractivity contribution in [2.75, 3.05) is 26.4 Å². The molecule has 4 aromatic rings. The standard InChI is InChI=1S/C47H42F6O10/c1-3-41(54)60-31-7-5-29-58-37-19-9-33(10-20-37)13-27-43(56)62-39-23-15-35(16-24-39)45(46(48,49)50,47(51,52)53)36-17-25-40(26-18-36)63-44(57)28-14-34-11-21-38(22-12-34)59-30-6-8-32-61-42(55)4-2/h3-4,9-28H,1-2,5-8,29-32H2. The quantitative estimate of drug-likeness (QED) is 0.0248. The first kappa shape index (κ1) is 48.6. The molecule has 0 saturated carbocycles. The van der Waals surface area contributed by atoms with E-state index in [0.29, 0.717) is 85.8 Å². The number of benzene rings is 4. The van der Waals surface area contributed by atoms with Crippen LogP contribution in [0.4, 0.5) is 26.3 Å². The number of unbranched alkanes of at least 4 members (excludes halogenated alkanes) is 2. The summed E-state index contributed by atoms with van der Waals surface area (Å²) >= 11 is 0. The molecule has 0 saturated heterocycles. The highest BCUT2D eigenvalue weighted by molar-refractivity contribution is 5.89. The molecule has 0 aliphatic rings. The zero-order valence-electron chi connectivity index (χ0n) is 33.6. The number of esters is 4. The van der Waals surface area contributed by atoms with E-state index < -0.39 is 52.8 Å². The Bertz CT molecular complexity index is 2050. The van der Waals surface area contributed by atoms with Crippen molar-refractivity contribution in [3.05, 3.63) is 157 Å². The maximum Gasteiger partial charge on any atom is 0.411 e. The summed E-state index contributed by atoms with van der Waals surface area (Å²) in [6.45, 7) is 7.81. The van der Waals surface area contributed by atoms with Gasteiger partial charge in [0, 0.05) is 24.3 Å². The minimum atomic E-state index is -5.90. The highest BCUT2D eigenvalue weighted by Gasteiger charge is 2.72. The van der Waals surface area contributed by atoms with Crippen LogP contribution in [-0.2, 0) is 34.1 Å². The van der Waals surface area contributed by atoms with E-state index in [4.69, 9.17) is 28.4 Å². The molecule has 4 rings (SSSR count). The summed E-state index contributed by atoms with van der Waals surface area (Å²) in [6, 6.07) is 18.7. The van der Waals surface area contributed by atoms with Crippen molar-refractivity contribution in [3.63, 3.8) is 0 Å². The predicted molar refractivity (Wildman–Crippen MR) is 220 cm³/mol. The molecule has 63 heavy (non-hydrogen) atoms. The Morgan fingerprint density at radius 2 is 0.762 bits per heavy atom. The zero-order chi connectivity index (χ0) is 45.9. The second kappa shape index (κ2) is 23.2. The first-order valence-electron chi connectivity index (χ1n) is 19.2. The molecule has 0 unspecified atom stereocenters. The van der Waals surface area contributed by atoms with Gasteiger partial charge in [0.2, 0.25) is 5.41 Å². The molecule has 0 atom stereocenters. The fraction of sp³-hybridized carbons (Fsp3) is 0.234. The topological polar surface area (TPSA) is 124 Å². The number of hydrogen-bond donors (Lipinski definition) is 0. The van der Waals surface area contributed by atoms with Gasteiger partial charge in [0.15, 0.2) is 0 Å². The van der Waals surface area contributed by atoms with Gasteiger partial charge in [0.25, 0.3) is 0 Å². The van der Waals surface area contributed by atoms with Crippen LogP contribution in [0.2, 0.25) is 0 Å². The van der Waals surface area contributed by atoms with E-state index >= 15 is 0 Å². The smallest absolute Gasteiger partial charge is 0.411 e. The van der Waals surface area contributed by atoms with Crippen molar-refractivity contribution in [1.82, 2.24) is 0 Å². The molecule has 0 fully saturated rings. The normalized spacial score (nSPS) is 11.8. The number of carbonyl (C=O) groups is 4. The minimum absolute atomic E-state index is 0.232. The fourth-order valence-corrected chi connectivity index (χ4v) is 5.76. The van der Waals surface area contributed by atoms with Crippen LogP contribution in [0.5, 0.6) is 23.0 Å². The molecule has 0 bridgehead atoms. The first-order valence-corrected chi connectivity index (χ1v) is 19.2. The van der Waals surface area contributed by atoms with Crippen molar-refractivity contribution >= 4 is 36.0 Å². The molecule has 0 aliphatic carbocycles. The number of rotatable bonds is 22. The summed E-state index contributed by atoms with van der Waals surface area (Å²) in [5, 5.41) is 0. The summed E-state index contributed by atoms with van der Waals surface area (Å²) < 4.78 is 120. The van der Waals surface area contributed by atoms with Gasteiger partial charge in [0.1, 0.15) is 23.0 Å². The zero-order valence-corrected chi connectivity index (χ0v) is 33.6. The molecule has 0 amide bonds. The maximum absolute atomic E-state index is 14.8. The minimum Gasteiger partial charge on any atom is -0.494 e. The second-order valence-corrected chi connectivity index (χ2v) is 13.3. The fourth-order valence-electron chi connectivity index (χ4n) is 5.76. The molecule has 10 nitrogen and oxygen atoms in total. The Hall–Kier alpha value is -7.10. The number of alkyl halides is 6. The Morgan fingerprint density at radius 3 is 1.08 bits per heavy atom. The Labute approximate surface area is 359 Å². The monoisotopic (exact) mass is 880 g/mol. The average molecular weight is 881 g/mol. The molecule has 0 spiro atoms. The number of carbonyl (C=O) groups excluding carboxylic acids is 4. The lowest BCUT2D eigenvalue weighted by atomic mass is 9.73. The molecule has 16 heteroatoms. The van der Waals surface area contributed by atoms with Crippen molar-refractivity contribution in [2.24, 2.45) is 0 Å². The molecular formula is C47H42F6O10. The van der Waals surface area contributed by atoms with Crippen LogP contribution < -0.4 is 18.9 Å². The summed E-state index contributed by atoms with van der Waals surface area (Å²) in [6.07, 6.45) is -2.41. The Morgan fingerprint density at radius 1 is 0.444 bits per heavy atom. The van der Waals surface area contributed by atoms with E-state index in [1.165, 1.54) is 12.2 Å². The first-order chi connectivity index (χ1) is 30.0. The van der Waals surface area contributed by atoms with Crippen LogP contribution in [-0.4, -0.2) is 62.7 Å². The third-order valence-corrected chi connectivity index (χ3v) is 8.88. The predicted octanol–water partition coefficient (Wildman–Crippen LogP) is 10.1. The summed E-state index contributed by atoms with van der Waals surface area (Å²) in [5.74, 6) is -2.46. The van der Waals surface area contributed by atoms with Gasteiger partial charge in [-0.2, -0.15) is 26.3 Å². The lowest BCUT2D eigenvalue weighted by molar-refractivity contribution is -0.288. The van der Waals surface area contributed by atoms with E-state index in [1.54, 1.807) is 48.5 Å². The van der Waals surface area contributed by atoms with Crippen molar-refractivity contribution in [2.45, 2.75) is 43.5 Å². The van der Waals surface area contributed by atoms with Gasteiger partial charge in [-0.3, -0.25) is 0 Å². The third-order valence-electron chi connectivity index (χ3n) is 8.88. The molecular weight excluding hydrogens is 838 g/mol. The van der Waals surface area contributed by atoms with Crippen molar-refractivity contribution in [3.8, 4) is 23.0 Å². The number of ether oxygens (including phenoxy) is 6. The van der Waals surface area contributed by atoms with Gasteiger partial charge >= 0.3 is 36.2 Å². The molecule has 0 heterocycles. The van der Waals surface area contributed by atoms with E-state index in [0.717, 1.165) is 48.6 Å². The molecule has 332 valence electrons. The SMILES string of the molecule is C=CC(=O)OCCCCOc1ccc(C=CC(=O)Oc2ccc(C(c3ccc(OC(=O)C=Cc4ccc(OCCCCOC(=O)C=C)cc4)cc3)(C(F)(F)F)C(F)(F)F)cc2)cc1. The summed E-state index contributed by atoms with van der Waals surface area (Å²) in [7, 11) is 0. The van der Waals surface area contributed by atoms with Crippen LogP contribution in [0.25, 0.3) is 12.2 Å². The van der Waals surface area contributed by atoms with Crippen LogP contribution >= 0.6 is 0 Å².